The van der Waals surface area contributed by atoms with Crippen molar-refractivity contribution in [2.45, 2.75) is 5.03 Å². The van der Waals surface area contributed by atoms with E-state index < -0.39 is 0 Å². The summed E-state index contributed by atoms with van der Waals surface area (Å²) < 4.78 is 0. The highest BCUT2D eigenvalue weighted by Crippen LogP contribution is 2.13. The van der Waals surface area contributed by atoms with Crippen LogP contribution in [0.25, 0.3) is 0 Å². The summed E-state index contributed by atoms with van der Waals surface area (Å²) in [6.45, 7) is 0.648. The minimum atomic E-state index is 0.419. The van der Waals surface area contributed by atoms with Gasteiger partial charge in [-0.15, -0.1) is 22.0 Å². The van der Waals surface area contributed by atoms with E-state index >= 15 is 0 Å². The number of hydrogen-bond donors (Lipinski definition) is 1. The third-order valence-corrected chi connectivity index (χ3v) is 2.13. The molecule has 0 saturated heterocycles. The second-order valence-electron chi connectivity index (χ2n) is 1.83. The third-order valence-electron chi connectivity index (χ3n) is 0.975. The van der Waals surface area contributed by atoms with Gasteiger partial charge in [0.05, 0.1) is 0 Å². The first-order valence-electron chi connectivity index (χ1n) is 3.15. The molecule has 0 radical (unpaired) electrons. The molecular weight excluding hydrogens is 182 g/mol. The molecule has 0 atom stereocenters. The van der Waals surface area contributed by atoms with Crippen LogP contribution in [0.15, 0.2) is 17.2 Å². The quantitative estimate of drug-likeness (QED) is 0.726. The number of halogens is 1. The normalized spacial score (nSPS) is 10.0. The minimum Gasteiger partial charge on any atom is -0.330 e. The topological polar surface area (TPSA) is 51.8 Å². The van der Waals surface area contributed by atoms with Crippen LogP contribution in [0, 0.1) is 0 Å². The predicted octanol–water partition coefficient (Wildman–Crippen LogP) is 1.18. The average molecular weight is 190 g/mol. The number of thioether (sulfide) groups is 1. The first kappa shape index (κ1) is 8.77. The molecule has 0 spiro atoms. The maximum absolute atomic E-state index is 5.54. The Morgan fingerprint density at radius 1 is 1.45 bits per heavy atom. The summed E-state index contributed by atoms with van der Waals surface area (Å²) >= 11 is 7.11. The van der Waals surface area contributed by atoms with Crippen molar-refractivity contribution in [3.05, 3.63) is 17.3 Å². The van der Waals surface area contributed by atoms with Crippen LogP contribution in [-0.4, -0.2) is 22.5 Å². The monoisotopic (exact) mass is 189 g/mol. The molecule has 1 heterocycles. The lowest BCUT2D eigenvalue weighted by Crippen LogP contribution is -2.01. The lowest BCUT2D eigenvalue weighted by molar-refractivity contribution is 0.929. The van der Waals surface area contributed by atoms with Crippen LogP contribution in [0.1, 0.15) is 0 Å². The SMILES string of the molecule is NCCSc1ccc(Cl)nn1. The highest BCUT2D eigenvalue weighted by molar-refractivity contribution is 7.99. The van der Waals surface area contributed by atoms with Crippen molar-refractivity contribution in [2.24, 2.45) is 5.73 Å². The summed E-state index contributed by atoms with van der Waals surface area (Å²) in [6.07, 6.45) is 0. The van der Waals surface area contributed by atoms with Crippen molar-refractivity contribution in [3.63, 3.8) is 0 Å². The summed E-state index contributed by atoms with van der Waals surface area (Å²) in [5.41, 5.74) is 5.31. The molecule has 0 aromatic carbocycles. The van der Waals surface area contributed by atoms with Gasteiger partial charge in [0, 0.05) is 12.3 Å². The predicted molar refractivity (Wildman–Crippen MR) is 46.8 cm³/mol. The Morgan fingerprint density at radius 2 is 2.27 bits per heavy atom. The Kier molecular flexibility index (Phi) is 3.62. The zero-order valence-electron chi connectivity index (χ0n) is 5.83. The zero-order chi connectivity index (χ0) is 8.10. The first-order chi connectivity index (χ1) is 5.33. The number of nitrogens with zero attached hydrogens (tertiary/aromatic N) is 2. The molecule has 0 fully saturated rings. The summed E-state index contributed by atoms with van der Waals surface area (Å²) in [5, 5.41) is 8.81. The van der Waals surface area contributed by atoms with Gasteiger partial charge in [0.2, 0.25) is 0 Å². The molecule has 0 unspecified atom stereocenters. The van der Waals surface area contributed by atoms with E-state index in [0.29, 0.717) is 11.7 Å². The van der Waals surface area contributed by atoms with Crippen LogP contribution in [0.2, 0.25) is 5.15 Å². The van der Waals surface area contributed by atoms with Crippen LogP contribution in [0.4, 0.5) is 0 Å². The van der Waals surface area contributed by atoms with Crippen molar-refractivity contribution in [2.75, 3.05) is 12.3 Å². The summed E-state index contributed by atoms with van der Waals surface area (Å²) in [4.78, 5) is 0. The fraction of sp³-hybridized carbons (Fsp3) is 0.333. The van der Waals surface area contributed by atoms with Crippen molar-refractivity contribution < 1.29 is 0 Å². The molecule has 0 aliphatic carbocycles. The molecule has 0 aliphatic heterocycles. The summed E-state index contributed by atoms with van der Waals surface area (Å²) in [6, 6.07) is 3.54. The van der Waals surface area contributed by atoms with Gasteiger partial charge in [-0.25, -0.2) is 0 Å². The molecule has 1 aromatic heterocycles. The summed E-state index contributed by atoms with van der Waals surface area (Å²) in [5.74, 6) is 0.857. The van der Waals surface area contributed by atoms with Crippen molar-refractivity contribution in [1.29, 1.82) is 0 Å². The molecule has 1 aromatic rings. The standard InChI is InChI=1S/C6H8ClN3S/c7-5-1-2-6(10-9-5)11-4-3-8/h1-2H,3-4,8H2. The van der Waals surface area contributed by atoms with Crippen molar-refractivity contribution >= 4 is 23.4 Å². The Labute approximate surface area is 74.3 Å². The maximum atomic E-state index is 5.54. The molecule has 60 valence electrons. The maximum Gasteiger partial charge on any atom is 0.151 e. The van der Waals surface area contributed by atoms with E-state index in [0.717, 1.165) is 10.8 Å². The molecule has 1 rings (SSSR count). The highest BCUT2D eigenvalue weighted by atomic mass is 35.5. The van der Waals surface area contributed by atoms with Gasteiger partial charge in [0.1, 0.15) is 5.03 Å². The fourth-order valence-corrected chi connectivity index (χ4v) is 1.23. The third kappa shape index (κ3) is 3.05. The van der Waals surface area contributed by atoms with Crippen molar-refractivity contribution in [1.82, 2.24) is 10.2 Å². The van der Waals surface area contributed by atoms with E-state index in [9.17, 15) is 0 Å². The summed E-state index contributed by atoms with van der Waals surface area (Å²) in [7, 11) is 0. The first-order valence-corrected chi connectivity index (χ1v) is 4.51. The largest absolute Gasteiger partial charge is 0.330 e. The zero-order valence-corrected chi connectivity index (χ0v) is 7.40. The molecular formula is C6H8ClN3S. The van der Waals surface area contributed by atoms with Gasteiger partial charge >= 0.3 is 0 Å². The number of rotatable bonds is 3. The Bertz CT molecular complexity index is 214. The van der Waals surface area contributed by atoms with E-state index in [-0.39, 0.29) is 0 Å². The lowest BCUT2D eigenvalue weighted by atomic mass is 10.6. The van der Waals surface area contributed by atoms with Crippen LogP contribution in [0.3, 0.4) is 0 Å². The minimum absolute atomic E-state index is 0.419. The molecule has 0 aliphatic rings. The second-order valence-corrected chi connectivity index (χ2v) is 3.33. The Hall–Kier alpha value is -0.320. The van der Waals surface area contributed by atoms with E-state index in [2.05, 4.69) is 10.2 Å². The molecule has 3 nitrogen and oxygen atoms in total. The number of hydrogen-bond acceptors (Lipinski definition) is 4. The van der Waals surface area contributed by atoms with E-state index in [1.165, 1.54) is 0 Å². The van der Waals surface area contributed by atoms with E-state index in [1.54, 1.807) is 17.8 Å². The van der Waals surface area contributed by atoms with Gasteiger partial charge in [-0.2, -0.15) is 0 Å². The molecule has 11 heavy (non-hydrogen) atoms. The van der Waals surface area contributed by atoms with Crippen LogP contribution in [0.5, 0.6) is 0 Å². The van der Waals surface area contributed by atoms with Gasteiger partial charge in [-0.3, -0.25) is 0 Å². The van der Waals surface area contributed by atoms with E-state index in [1.807, 2.05) is 6.07 Å². The van der Waals surface area contributed by atoms with Gasteiger partial charge in [0.15, 0.2) is 5.15 Å². The number of aromatic nitrogens is 2. The van der Waals surface area contributed by atoms with Crippen LogP contribution >= 0.6 is 23.4 Å². The van der Waals surface area contributed by atoms with Crippen molar-refractivity contribution in [3.8, 4) is 0 Å². The molecule has 0 saturated carbocycles. The van der Waals surface area contributed by atoms with Crippen LogP contribution in [-0.2, 0) is 0 Å². The van der Waals surface area contributed by atoms with Gasteiger partial charge in [-0.05, 0) is 12.1 Å². The molecule has 5 heteroatoms. The van der Waals surface area contributed by atoms with Gasteiger partial charge in [-0.1, -0.05) is 11.6 Å². The van der Waals surface area contributed by atoms with E-state index in [4.69, 9.17) is 17.3 Å². The molecule has 0 amide bonds. The highest BCUT2D eigenvalue weighted by Gasteiger charge is 1.94. The fourth-order valence-electron chi connectivity index (χ4n) is 0.544. The Balaban J connectivity index is 2.52. The lowest BCUT2D eigenvalue weighted by Gasteiger charge is -1.95. The van der Waals surface area contributed by atoms with Gasteiger partial charge < -0.3 is 5.73 Å². The number of nitrogens with two attached hydrogens (primary N) is 1. The van der Waals surface area contributed by atoms with Gasteiger partial charge in [0.25, 0.3) is 0 Å². The average Bonchev–Trinajstić information content (AvgIpc) is 2.04. The molecule has 2 N–H and O–H groups in total. The molecule has 0 bridgehead atoms. The second kappa shape index (κ2) is 4.54. The Morgan fingerprint density at radius 3 is 2.82 bits per heavy atom. The smallest absolute Gasteiger partial charge is 0.151 e. The van der Waals surface area contributed by atoms with Crippen LogP contribution < -0.4 is 5.73 Å².